The van der Waals surface area contributed by atoms with Crippen LogP contribution in [-0.4, -0.2) is 67.3 Å². The highest BCUT2D eigenvalue weighted by molar-refractivity contribution is 6.60. The van der Waals surface area contributed by atoms with Gasteiger partial charge in [-0.2, -0.15) is 39.5 Å². The van der Waals surface area contributed by atoms with Crippen LogP contribution in [0.15, 0.2) is 0 Å². The third-order valence-electron chi connectivity index (χ3n) is 2.98. The maximum atomic E-state index is 13.2. The van der Waals surface area contributed by atoms with Crippen LogP contribution in [0.25, 0.3) is 0 Å². The minimum Gasteiger partial charge on any atom is -0.377 e. The number of rotatable bonds is 10. The van der Waals surface area contributed by atoms with Crippen molar-refractivity contribution in [2.75, 3.05) is 34.5 Å². The second kappa shape index (κ2) is 7.76. The average molecular weight is 398 g/mol. The van der Waals surface area contributed by atoms with Gasteiger partial charge in [0.05, 0.1) is 6.61 Å². The first-order valence-electron chi connectivity index (χ1n) is 6.07. The van der Waals surface area contributed by atoms with Crippen molar-refractivity contribution in [1.82, 2.24) is 0 Å². The predicted octanol–water partition coefficient (Wildman–Crippen LogP) is 3.35. The van der Waals surface area contributed by atoms with E-state index in [2.05, 4.69) is 4.74 Å². The van der Waals surface area contributed by atoms with Gasteiger partial charge in [0.2, 0.25) is 0 Å². The van der Waals surface area contributed by atoms with Crippen LogP contribution in [0.1, 0.15) is 0 Å². The Morgan fingerprint density at radius 1 is 0.708 bits per heavy atom. The molecule has 0 aromatic heterocycles. The van der Waals surface area contributed by atoms with Gasteiger partial charge in [0.1, 0.15) is 6.61 Å². The van der Waals surface area contributed by atoms with E-state index < -0.39 is 46.0 Å². The van der Waals surface area contributed by atoms with Crippen LogP contribution in [-0.2, 0) is 18.0 Å². The Bertz CT molecular complexity index is 390. The summed E-state index contributed by atoms with van der Waals surface area (Å²) in [5, 5.41) is 0. The lowest BCUT2D eigenvalue weighted by atomic mass is 10.0. The molecule has 24 heavy (non-hydrogen) atoms. The summed E-state index contributed by atoms with van der Waals surface area (Å²) < 4.78 is 132. The molecule has 146 valence electrons. The molecule has 0 aliphatic heterocycles. The van der Waals surface area contributed by atoms with Crippen LogP contribution in [0.3, 0.4) is 0 Å². The molecule has 0 bridgehead atoms. The molecule has 0 aliphatic carbocycles. The van der Waals surface area contributed by atoms with Gasteiger partial charge >= 0.3 is 32.7 Å². The fourth-order valence-corrected chi connectivity index (χ4v) is 2.96. The van der Waals surface area contributed by atoms with Crippen LogP contribution in [0.2, 0.25) is 6.04 Å². The summed E-state index contributed by atoms with van der Waals surface area (Å²) in [5.41, 5.74) is 0. The Hall–Kier alpha value is -0.573. The molecule has 0 saturated carbocycles. The van der Waals surface area contributed by atoms with Crippen molar-refractivity contribution in [1.29, 1.82) is 0 Å². The van der Waals surface area contributed by atoms with Gasteiger partial charge in [-0.3, -0.25) is 0 Å². The lowest BCUT2D eigenvalue weighted by molar-refractivity contribution is -0.399. The monoisotopic (exact) mass is 398 g/mol. The van der Waals surface area contributed by atoms with E-state index in [9.17, 15) is 39.5 Å². The fraction of sp³-hybridized carbons (Fsp3) is 1.00. The van der Waals surface area contributed by atoms with E-state index in [0.717, 1.165) is 21.3 Å². The van der Waals surface area contributed by atoms with Crippen molar-refractivity contribution in [3.05, 3.63) is 0 Å². The Labute approximate surface area is 132 Å². The van der Waals surface area contributed by atoms with Crippen molar-refractivity contribution in [3.63, 3.8) is 0 Å². The molecule has 0 N–H and O–H groups in total. The smallest absolute Gasteiger partial charge is 0.377 e. The third kappa shape index (κ3) is 4.53. The number of hydrogen-bond acceptors (Lipinski definition) is 4. The van der Waals surface area contributed by atoms with Crippen LogP contribution >= 0.6 is 0 Å². The SMILES string of the molecule is CO[Si](CCOCC(F)(F)C(F)(F)C(F)(F)C(F)(F)F)(OC)OC. The largest absolute Gasteiger partial charge is 0.502 e. The van der Waals surface area contributed by atoms with Crippen molar-refractivity contribution >= 4 is 8.80 Å². The highest BCUT2D eigenvalue weighted by Gasteiger charge is 2.81. The van der Waals surface area contributed by atoms with Crippen molar-refractivity contribution < 1.29 is 57.5 Å². The molecular formula is C10H15F9O4Si. The van der Waals surface area contributed by atoms with Crippen molar-refractivity contribution in [2.24, 2.45) is 0 Å². The molecule has 0 aromatic rings. The standard InChI is InChI=1S/C10H15F9O4Si/c1-20-24(21-2,22-3)5-4-23-6-7(11,12)8(13,14)9(15,16)10(17,18)19/h4-6H2,1-3H3. The summed E-state index contributed by atoms with van der Waals surface area (Å²) in [6, 6.07) is -0.326. The van der Waals surface area contributed by atoms with E-state index in [1.165, 1.54) is 0 Å². The average Bonchev–Trinajstić information content (AvgIpc) is 2.46. The minimum atomic E-state index is -6.93. The molecule has 0 fully saturated rings. The predicted molar refractivity (Wildman–Crippen MR) is 63.3 cm³/mol. The van der Waals surface area contributed by atoms with Gasteiger partial charge in [0, 0.05) is 27.4 Å². The van der Waals surface area contributed by atoms with Crippen LogP contribution in [0, 0.1) is 0 Å². The maximum absolute atomic E-state index is 13.2. The second-order valence-electron chi connectivity index (χ2n) is 4.45. The van der Waals surface area contributed by atoms with Crippen LogP contribution in [0.4, 0.5) is 39.5 Å². The van der Waals surface area contributed by atoms with Gasteiger partial charge < -0.3 is 18.0 Å². The lowest BCUT2D eigenvalue weighted by Gasteiger charge is -2.33. The molecule has 0 atom stereocenters. The highest BCUT2D eigenvalue weighted by atomic mass is 28.4. The van der Waals surface area contributed by atoms with E-state index in [-0.39, 0.29) is 6.04 Å². The molecule has 0 aliphatic rings. The summed E-state index contributed by atoms with van der Waals surface area (Å²) in [4.78, 5) is 0. The van der Waals surface area contributed by atoms with Gasteiger partial charge in [-0.25, -0.2) is 0 Å². The summed E-state index contributed by atoms with van der Waals surface area (Å²) in [5.74, 6) is -19.4. The Morgan fingerprint density at radius 3 is 1.46 bits per heavy atom. The van der Waals surface area contributed by atoms with E-state index in [1.807, 2.05) is 0 Å². The maximum Gasteiger partial charge on any atom is 0.502 e. The molecular weight excluding hydrogens is 383 g/mol. The molecule has 0 unspecified atom stereocenters. The zero-order valence-corrected chi connectivity index (χ0v) is 13.7. The normalized spacial score (nSPS) is 15.0. The summed E-state index contributed by atoms with van der Waals surface area (Å²) in [7, 11) is 0.122. The molecule has 0 rings (SSSR count). The Balaban J connectivity index is 4.92. The molecule has 0 amide bonds. The van der Waals surface area contributed by atoms with Gasteiger partial charge in [-0.15, -0.1) is 0 Å². The molecule has 0 radical (unpaired) electrons. The fourth-order valence-electron chi connectivity index (χ4n) is 1.45. The highest BCUT2D eigenvalue weighted by Crippen LogP contribution is 2.53. The van der Waals surface area contributed by atoms with E-state index in [0.29, 0.717) is 0 Å². The summed E-state index contributed by atoms with van der Waals surface area (Å²) in [6.45, 7) is -3.13. The lowest BCUT2D eigenvalue weighted by Crippen LogP contribution is -2.62. The first-order chi connectivity index (χ1) is 10.6. The molecule has 4 nitrogen and oxygen atoms in total. The molecule has 0 heterocycles. The first-order valence-corrected chi connectivity index (χ1v) is 8.00. The third-order valence-corrected chi connectivity index (χ3v) is 5.66. The zero-order chi connectivity index (χ0) is 19.4. The van der Waals surface area contributed by atoms with Crippen LogP contribution < -0.4 is 0 Å². The van der Waals surface area contributed by atoms with Crippen molar-refractivity contribution in [2.45, 2.75) is 30.0 Å². The molecule has 0 aromatic carbocycles. The number of hydrogen-bond donors (Lipinski definition) is 0. The first kappa shape index (κ1) is 23.4. The zero-order valence-electron chi connectivity index (χ0n) is 12.7. The number of ether oxygens (including phenoxy) is 1. The van der Waals surface area contributed by atoms with Crippen LogP contribution in [0.5, 0.6) is 0 Å². The van der Waals surface area contributed by atoms with Gasteiger partial charge in [0.15, 0.2) is 0 Å². The topological polar surface area (TPSA) is 36.9 Å². The van der Waals surface area contributed by atoms with Gasteiger partial charge in [-0.1, -0.05) is 0 Å². The van der Waals surface area contributed by atoms with E-state index >= 15 is 0 Å². The van der Waals surface area contributed by atoms with Crippen molar-refractivity contribution in [3.8, 4) is 0 Å². The summed E-state index contributed by atoms with van der Waals surface area (Å²) in [6.07, 6.45) is -6.86. The minimum absolute atomic E-state index is 0.326. The van der Waals surface area contributed by atoms with E-state index in [1.54, 1.807) is 0 Å². The number of alkyl halides is 9. The Morgan fingerprint density at radius 2 is 1.12 bits per heavy atom. The second-order valence-corrected chi connectivity index (χ2v) is 7.54. The Kier molecular flexibility index (Phi) is 7.57. The molecule has 0 spiro atoms. The quantitative estimate of drug-likeness (QED) is 0.321. The number of halogens is 9. The summed E-state index contributed by atoms with van der Waals surface area (Å²) >= 11 is 0. The molecule has 0 saturated heterocycles. The van der Waals surface area contributed by atoms with E-state index in [4.69, 9.17) is 13.3 Å². The molecule has 14 heteroatoms. The van der Waals surface area contributed by atoms with Gasteiger partial charge in [-0.05, 0) is 0 Å². The van der Waals surface area contributed by atoms with Gasteiger partial charge in [0.25, 0.3) is 0 Å².